The smallest absolute Gasteiger partial charge is 0.332 e. The van der Waals surface area contributed by atoms with Crippen LogP contribution in [0.15, 0.2) is 64.2 Å². The van der Waals surface area contributed by atoms with Crippen LogP contribution in [-0.2, 0) is 20.1 Å². The molecule has 0 saturated heterocycles. The first-order valence-electron chi connectivity index (χ1n) is 8.55. The van der Waals surface area contributed by atoms with Crippen LogP contribution in [0.5, 0.6) is 0 Å². The molecule has 0 saturated carbocycles. The number of halogens is 1. The molecule has 2 N–H and O–H groups in total. The molecule has 1 heterocycles. The van der Waals surface area contributed by atoms with E-state index >= 15 is 0 Å². The Bertz CT molecular complexity index is 1040. The zero-order valence-corrected chi connectivity index (χ0v) is 16.0. The average Bonchev–Trinajstić information content (AvgIpc) is 2.69. The van der Waals surface area contributed by atoms with E-state index in [0.29, 0.717) is 29.6 Å². The van der Waals surface area contributed by atoms with Crippen LogP contribution in [0.3, 0.4) is 0 Å². The molecular formula is C20H21ClN4O2. The SMILES string of the molecule is CNc1c(NCc2ccc(Cl)cc2)c(=O)n(C)c(=O)n1Cc1ccccc1. The first kappa shape index (κ1) is 18.8. The molecule has 0 aliphatic heterocycles. The normalized spacial score (nSPS) is 10.6. The molecule has 0 aliphatic rings. The van der Waals surface area contributed by atoms with Crippen LogP contribution >= 0.6 is 11.6 Å². The van der Waals surface area contributed by atoms with E-state index in [-0.39, 0.29) is 11.2 Å². The maximum Gasteiger partial charge on any atom is 0.332 e. The van der Waals surface area contributed by atoms with Crippen LogP contribution < -0.4 is 21.9 Å². The van der Waals surface area contributed by atoms with Crippen molar-refractivity contribution in [1.29, 1.82) is 0 Å². The van der Waals surface area contributed by atoms with Gasteiger partial charge in [0.2, 0.25) is 0 Å². The van der Waals surface area contributed by atoms with Crippen LogP contribution in [0, 0.1) is 0 Å². The lowest BCUT2D eigenvalue weighted by Gasteiger charge is -2.18. The molecule has 2 aromatic carbocycles. The Morgan fingerprint density at radius 3 is 2.26 bits per heavy atom. The Morgan fingerprint density at radius 1 is 0.963 bits per heavy atom. The summed E-state index contributed by atoms with van der Waals surface area (Å²) in [6.07, 6.45) is 0. The number of hydrogen-bond donors (Lipinski definition) is 2. The Labute approximate surface area is 162 Å². The summed E-state index contributed by atoms with van der Waals surface area (Å²) in [5.41, 5.74) is 1.56. The van der Waals surface area contributed by atoms with Crippen LogP contribution in [0.2, 0.25) is 5.02 Å². The van der Waals surface area contributed by atoms with Gasteiger partial charge in [0.1, 0.15) is 11.5 Å². The minimum absolute atomic E-state index is 0.352. The summed E-state index contributed by atoms with van der Waals surface area (Å²) in [6.45, 7) is 0.796. The summed E-state index contributed by atoms with van der Waals surface area (Å²) < 4.78 is 2.68. The van der Waals surface area contributed by atoms with E-state index in [1.807, 2.05) is 42.5 Å². The fourth-order valence-electron chi connectivity index (χ4n) is 2.89. The zero-order chi connectivity index (χ0) is 19.4. The molecule has 3 rings (SSSR count). The number of anilines is 2. The summed E-state index contributed by atoms with van der Waals surface area (Å²) in [7, 11) is 3.18. The van der Waals surface area contributed by atoms with Gasteiger partial charge in [0.25, 0.3) is 5.56 Å². The molecule has 140 valence electrons. The second kappa shape index (κ2) is 8.14. The first-order valence-corrected chi connectivity index (χ1v) is 8.93. The van der Waals surface area contributed by atoms with Gasteiger partial charge in [-0.05, 0) is 23.3 Å². The van der Waals surface area contributed by atoms with E-state index in [1.54, 1.807) is 23.7 Å². The van der Waals surface area contributed by atoms with Crippen molar-refractivity contribution >= 4 is 23.1 Å². The van der Waals surface area contributed by atoms with Crippen molar-refractivity contribution in [1.82, 2.24) is 9.13 Å². The number of nitrogens with zero attached hydrogens (tertiary/aromatic N) is 2. The Balaban J connectivity index is 2.00. The largest absolute Gasteiger partial charge is 0.374 e. The fourth-order valence-corrected chi connectivity index (χ4v) is 3.02. The monoisotopic (exact) mass is 384 g/mol. The topological polar surface area (TPSA) is 68.1 Å². The number of benzene rings is 2. The van der Waals surface area contributed by atoms with Crippen LogP contribution in [-0.4, -0.2) is 16.2 Å². The molecule has 0 bridgehead atoms. The predicted octanol–water partition coefficient (Wildman–Crippen LogP) is 2.90. The molecule has 3 aromatic rings. The molecule has 0 spiro atoms. The van der Waals surface area contributed by atoms with Gasteiger partial charge in [-0.15, -0.1) is 0 Å². The second-order valence-electron chi connectivity index (χ2n) is 6.17. The Hall–Kier alpha value is -2.99. The van der Waals surface area contributed by atoms with Gasteiger partial charge in [0, 0.05) is 25.7 Å². The van der Waals surface area contributed by atoms with E-state index in [9.17, 15) is 9.59 Å². The van der Waals surface area contributed by atoms with Crippen molar-refractivity contribution in [3.05, 3.63) is 91.6 Å². The summed E-state index contributed by atoms with van der Waals surface area (Å²) >= 11 is 5.92. The highest BCUT2D eigenvalue weighted by Gasteiger charge is 2.17. The molecule has 1 aromatic heterocycles. The molecule has 0 fully saturated rings. The van der Waals surface area contributed by atoms with E-state index in [2.05, 4.69) is 10.6 Å². The molecule has 0 aliphatic carbocycles. The second-order valence-corrected chi connectivity index (χ2v) is 6.61. The lowest BCUT2D eigenvalue weighted by atomic mass is 10.2. The standard InChI is InChI=1S/C20H21ClN4O2/c1-22-18-17(23-12-14-8-10-16(21)11-9-14)19(26)24(2)20(27)25(18)13-15-6-4-3-5-7-15/h3-11,22-23H,12-13H2,1-2H3. The molecule has 0 amide bonds. The maximum absolute atomic E-state index is 12.7. The number of aromatic nitrogens is 2. The van der Waals surface area contributed by atoms with Gasteiger partial charge in [-0.25, -0.2) is 4.79 Å². The molecule has 27 heavy (non-hydrogen) atoms. The lowest BCUT2D eigenvalue weighted by Crippen LogP contribution is -2.40. The highest BCUT2D eigenvalue weighted by atomic mass is 35.5. The molecule has 0 unspecified atom stereocenters. The minimum Gasteiger partial charge on any atom is -0.374 e. The van der Waals surface area contributed by atoms with Crippen molar-refractivity contribution in [2.45, 2.75) is 13.1 Å². The summed E-state index contributed by atoms with van der Waals surface area (Å²) in [5.74, 6) is 0.459. The van der Waals surface area contributed by atoms with Gasteiger partial charge in [0.15, 0.2) is 0 Å². The maximum atomic E-state index is 12.7. The van der Waals surface area contributed by atoms with Gasteiger partial charge in [-0.3, -0.25) is 13.9 Å². The summed E-state index contributed by atoms with van der Waals surface area (Å²) in [5, 5.41) is 6.82. The van der Waals surface area contributed by atoms with Crippen molar-refractivity contribution in [2.75, 3.05) is 17.7 Å². The van der Waals surface area contributed by atoms with Crippen molar-refractivity contribution in [3.8, 4) is 0 Å². The fraction of sp³-hybridized carbons (Fsp3) is 0.200. The molecular weight excluding hydrogens is 364 g/mol. The van der Waals surface area contributed by atoms with Gasteiger partial charge in [-0.2, -0.15) is 0 Å². The number of hydrogen-bond acceptors (Lipinski definition) is 4. The van der Waals surface area contributed by atoms with E-state index in [0.717, 1.165) is 15.7 Å². The highest BCUT2D eigenvalue weighted by molar-refractivity contribution is 6.30. The van der Waals surface area contributed by atoms with Crippen LogP contribution in [0.1, 0.15) is 11.1 Å². The first-order chi connectivity index (χ1) is 13.0. The van der Waals surface area contributed by atoms with Crippen LogP contribution in [0.25, 0.3) is 0 Å². The molecule has 6 nitrogen and oxygen atoms in total. The Kier molecular flexibility index (Phi) is 5.66. The quantitative estimate of drug-likeness (QED) is 0.685. The van der Waals surface area contributed by atoms with Crippen LogP contribution in [0.4, 0.5) is 11.5 Å². The summed E-state index contributed by atoms with van der Waals surface area (Å²) in [4.78, 5) is 25.4. The van der Waals surface area contributed by atoms with Crippen molar-refractivity contribution in [2.24, 2.45) is 7.05 Å². The van der Waals surface area contributed by atoms with Gasteiger partial charge < -0.3 is 10.6 Å². The average molecular weight is 385 g/mol. The molecule has 0 atom stereocenters. The minimum atomic E-state index is -0.373. The third-order valence-corrected chi connectivity index (χ3v) is 4.60. The Morgan fingerprint density at radius 2 is 1.63 bits per heavy atom. The van der Waals surface area contributed by atoms with E-state index in [1.165, 1.54) is 7.05 Å². The third-order valence-electron chi connectivity index (χ3n) is 4.35. The molecule has 7 heteroatoms. The predicted molar refractivity (Wildman–Crippen MR) is 110 cm³/mol. The van der Waals surface area contributed by atoms with Crippen molar-refractivity contribution < 1.29 is 0 Å². The summed E-state index contributed by atoms with van der Waals surface area (Å²) in [6, 6.07) is 17.0. The third kappa shape index (κ3) is 4.06. The highest BCUT2D eigenvalue weighted by Crippen LogP contribution is 2.18. The number of nitrogens with one attached hydrogen (secondary N) is 2. The molecule has 0 radical (unpaired) electrons. The van der Waals surface area contributed by atoms with Gasteiger partial charge in [0.05, 0.1) is 6.54 Å². The number of rotatable bonds is 6. The van der Waals surface area contributed by atoms with Crippen molar-refractivity contribution in [3.63, 3.8) is 0 Å². The lowest BCUT2D eigenvalue weighted by molar-refractivity contribution is 0.654. The zero-order valence-electron chi connectivity index (χ0n) is 15.2. The van der Waals surface area contributed by atoms with Gasteiger partial charge in [-0.1, -0.05) is 54.1 Å². The van der Waals surface area contributed by atoms with E-state index < -0.39 is 0 Å². The van der Waals surface area contributed by atoms with Gasteiger partial charge >= 0.3 is 5.69 Å². The van der Waals surface area contributed by atoms with E-state index in [4.69, 9.17) is 11.6 Å².